The highest BCUT2D eigenvalue weighted by Gasteiger charge is 2.41. The zero-order valence-corrected chi connectivity index (χ0v) is 19.2. The minimum absolute atomic E-state index is 0.129. The number of rotatable bonds is 7. The summed E-state index contributed by atoms with van der Waals surface area (Å²) in [6.45, 7) is 1.46. The standard InChI is InChI=1S/C22H25F3N6O5/c1-12(22(23,24)25)27-20(34)16-3-4-17-19(28-16)31(13-6-7-30(17)9-13)21(35)29-18-5-2-15(8-26-18)36-11-14(33)10-32/h2-5,8,12-14,32-33H,6-7,9-11H2,1H3,(H,27,34)(H,26,29,35)/t12-,13?,14-/m1/s1. The number of hydrogen-bond donors (Lipinski definition) is 4. The lowest BCUT2D eigenvalue weighted by Gasteiger charge is -2.35. The maximum absolute atomic E-state index is 13.2. The van der Waals surface area contributed by atoms with Gasteiger partial charge in [0.1, 0.15) is 36.0 Å². The molecule has 1 unspecified atom stereocenters. The number of nitrogens with zero attached hydrogens (tertiary/aromatic N) is 4. The molecule has 0 spiro atoms. The van der Waals surface area contributed by atoms with Crippen LogP contribution in [0.4, 0.5) is 35.3 Å². The molecule has 2 aromatic rings. The van der Waals surface area contributed by atoms with Crippen molar-refractivity contribution < 1.29 is 37.7 Å². The van der Waals surface area contributed by atoms with Crippen molar-refractivity contribution in [2.75, 3.05) is 41.4 Å². The summed E-state index contributed by atoms with van der Waals surface area (Å²) in [4.78, 5) is 37.4. The van der Waals surface area contributed by atoms with Crippen molar-refractivity contribution in [2.45, 2.75) is 37.7 Å². The zero-order chi connectivity index (χ0) is 26.0. The summed E-state index contributed by atoms with van der Waals surface area (Å²) in [7, 11) is 0. The molecule has 14 heteroatoms. The van der Waals surface area contributed by atoms with Crippen LogP contribution in [-0.2, 0) is 0 Å². The first kappa shape index (κ1) is 25.4. The van der Waals surface area contributed by atoms with Gasteiger partial charge in [-0.25, -0.2) is 14.8 Å². The molecule has 36 heavy (non-hydrogen) atoms. The Kier molecular flexibility index (Phi) is 7.17. The van der Waals surface area contributed by atoms with Gasteiger partial charge in [-0.2, -0.15) is 13.2 Å². The number of hydrogen-bond acceptors (Lipinski definition) is 8. The third-order valence-electron chi connectivity index (χ3n) is 5.87. The number of ether oxygens (including phenoxy) is 1. The smallest absolute Gasteiger partial charge is 0.408 e. The largest absolute Gasteiger partial charge is 0.489 e. The second-order valence-corrected chi connectivity index (χ2v) is 8.49. The molecule has 194 valence electrons. The lowest BCUT2D eigenvalue weighted by Crippen LogP contribution is -2.49. The van der Waals surface area contributed by atoms with E-state index in [-0.39, 0.29) is 30.0 Å². The quantitative estimate of drug-likeness (QED) is 0.440. The molecule has 2 aliphatic heterocycles. The van der Waals surface area contributed by atoms with Crippen LogP contribution in [0.15, 0.2) is 30.5 Å². The third kappa shape index (κ3) is 5.44. The summed E-state index contributed by atoms with van der Waals surface area (Å²) in [5.74, 6) is -0.309. The maximum Gasteiger partial charge on any atom is 0.408 e. The van der Waals surface area contributed by atoms with Gasteiger partial charge >= 0.3 is 12.2 Å². The van der Waals surface area contributed by atoms with Gasteiger partial charge in [-0.05, 0) is 37.6 Å². The highest BCUT2D eigenvalue weighted by molar-refractivity contribution is 6.05. The van der Waals surface area contributed by atoms with Gasteiger partial charge in [0.2, 0.25) is 0 Å². The van der Waals surface area contributed by atoms with E-state index < -0.39 is 36.9 Å². The Bertz CT molecular complexity index is 1120. The normalized spacial score (nSPS) is 18.3. The Morgan fingerprint density at radius 2 is 2.06 bits per heavy atom. The molecular formula is C22H25F3N6O5. The first-order chi connectivity index (χ1) is 17.1. The predicted molar refractivity (Wildman–Crippen MR) is 122 cm³/mol. The molecule has 0 saturated carbocycles. The van der Waals surface area contributed by atoms with E-state index in [1.54, 1.807) is 6.07 Å². The minimum atomic E-state index is -4.60. The number of nitrogens with one attached hydrogen (secondary N) is 2. The monoisotopic (exact) mass is 510 g/mol. The van der Waals surface area contributed by atoms with E-state index >= 15 is 0 Å². The highest BCUT2D eigenvalue weighted by atomic mass is 19.4. The number of pyridine rings is 2. The van der Waals surface area contributed by atoms with Crippen molar-refractivity contribution in [1.82, 2.24) is 15.3 Å². The molecular weight excluding hydrogens is 485 g/mol. The number of carbonyl (C=O) groups excluding carboxylic acids is 2. The van der Waals surface area contributed by atoms with E-state index in [4.69, 9.17) is 9.84 Å². The Morgan fingerprint density at radius 3 is 2.72 bits per heavy atom. The van der Waals surface area contributed by atoms with Gasteiger partial charge in [-0.1, -0.05) is 0 Å². The number of fused-ring (bicyclic) bond motifs is 4. The molecule has 4 heterocycles. The molecule has 0 aliphatic carbocycles. The Balaban J connectivity index is 1.51. The van der Waals surface area contributed by atoms with Crippen LogP contribution in [0.1, 0.15) is 23.8 Å². The summed E-state index contributed by atoms with van der Waals surface area (Å²) in [6.07, 6.45) is -3.66. The zero-order valence-electron chi connectivity index (χ0n) is 19.2. The van der Waals surface area contributed by atoms with Gasteiger partial charge in [-0.15, -0.1) is 0 Å². The summed E-state index contributed by atoms with van der Waals surface area (Å²) < 4.78 is 43.9. The molecule has 3 atom stereocenters. The van der Waals surface area contributed by atoms with Crippen molar-refractivity contribution in [3.8, 4) is 5.75 Å². The fourth-order valence-electron chi connectivity index (χ4n) is 3.90. The summed E-state index contributed by atoms with van der Waals surface area (Å²) in [5.41, 5.74) is 0.355. The number of aliphatic hydroxyl groups is 2. The van der Waals surface area contributed by atoms with Crippen LogP contribution in [0.25, 0.3) is 0 Å². The maximum atomic E-state index is 13.2. The second-order valence-electron chi connectivity index (χ2n) is 8.49. The molecule has 2 aromatic heterocycles. The molecule has 2 aliphatic rings. The highest BCUT2D eigenvalue weighted by Crippen LogP contribution is 2.39. The number of alkyl halides is 3. The fourth-order valence-corrected chi connectivity index (χ4v) is 3.90. The molecule has 0 aromatic carbocycles. The van der Waals surface area contributed by atoms with Crippen molar-refractivity contribution in [3.63, 3.8) is 0 Å². The molecule has 0 radical (unpaired) electrons. The van der Waals surface area contributed by atoms with E-state index in [0.29, 0.717) is 30.9 Å². The van der Waals surface area contributed by atoms with Gasteiger partial charge in [0.25, 0.3) is 5.91 Å². The average molecular weight is 510 g/mol. The van der Waals surface area contributed by atoms with Crippen molar-refractivity contribution in [3.05, 3.63) is 36.2 Å². The number of aromatic nitrogens is 2. The second kappa shape index (κ2) is 10.1. The molecule has 4 N–H and O–H groups in total. The van der Waals surface area contributed by atoms with Gasteiger partial charge in [0, 0.05) is 13.1 Å². The van der Waals surface area contributed by atoms with Crippen LogP contribution in [0.5, 0.6) is 5.75 Å². The topological polar surface area (TPSA) is 140 Å². The minimum Gasteiger partial charge on any atom is -0.489 e. The van der Waals surface area contributed by atoms with Gasteiger partial charge in [0.05, 0.1) is 24.5 Å². The molecule has 1 saturated heterocycles. The van der Waals surface area contributed by atoms with Gasteiger partial charge in [-0.3, -0.25) is 15.0 Å². The Morgan fingerprint density at radius 1 is 1.28 bits per heavy atom. The van der Waals surface area contributed by atoms with E-state index in [9.17, 15) is 27.9 Å². The molecule has 1 fully saturated rings. The van der Waals surface area contributed by atoms with Crippen molar-refractivity contribution in [2.24, 2.45) is 0 Å². The SMILES string of the molecule is C[C@@H](NC(=O)c1ccc2c(n1)N(C(=O)Nc1ccc(OC[C@H](O)CO)cn1)C1CCN2C1)C(F)(F)F. The first-order valence-electron chi connectivity index (χ1n) is 11.2. The Hall–Kier alpha value is -3.65. The Labute approximate surface area is 203 Å². The van der Waals surface area contributed by atoms with E-state index in [1.807, 2.05) is 10.2 Å². The first-order valence-corrected chi connectivity index (χ1v) is 11.2. The summed E-state index contributed by atoms with van der Waals surface area (Å²) in [6, 6.07) is 3.04. The fraction of sp³-hybridized carbons (Fsp3) is 0.455. The summed E-state index contributed by atoms with van der Waals surface area (Å²) >= 11 is 0. The molecule has 3 amide bonds. The van der Waals surface area contributed by atoms with Crippen molar-refractivity contribution >= 4 is 29.3 Å². The lowest BCUT2D eigenvalue weighted by molar-refractivity contribution is -0.149. The molecule has 2 bridgehead atoms. The number of anilines is 3. The lowest BCUT2D eigenvalue weighted by atomic mass is 10.1. The number of amides is 3. The number of urea groups is 1. The number of carbonyl (C=O) groups is 2. The molecule has 4 rings (SSSR count). The number of halogens is 3. The summed E-state index contributed by atoms with van der Waals surface area (Å²) in [5, 5.41) is 22.7. The number of aliphatic hydroxyl groups excluding tert-OH is 2. The average Bonchev–Trinajstić information content (AvgIpc) is 3.26. The van der Waals surface area contributed by atoms with Gasteiger partial charge < -0.3 is 25.2 Å². The molecule has 11 nitrogen and oxygen atoms in total. The van der Waals surface area contributed by atoms with Crippen LogP contribution in [0.2, 0.25) is 0 Å². The predicted octanol–water partition coefficient (Wildman–Crippen LogP) is 1.52. The van der Waals surface area contributed by atoms with Crippen LogP contribution >= 0.6 is 0 Å². The van der Waals surface area contributed by atoms with Crippen LogP contribution in [0, 0.1) is 0 Å². The van der Waals surface area contributed by atoms with Crippen LogP contribution in [-0.4, -0.2) is 82.8 Å². The van der Waals surface area contributed by atoms with E-state index in [0.717, 1.165) is 6.92 Å². The third-order valence-corrected chi connectivity index (χ3v) is 5.87. The van der Waals surface area contributed by atoms with E-state index in [1.165, 1.54) is 29.3 Å². The van der Waals surface area contributed by atoms with E-state index in [2.05, 4.69) is 15.3 Å². The van der Waals surface area contributed by atoms with Crippen molar-refractivity contribution in [1.29, 1.82) is 0 Å². The van der Waals surface area contributed by atoms with Crippen LogP contribution in [0.3, 0.4) is 0 Å². The van der Waals surface area contributed by atoms with Gasteiger partial charge in [0.15, 0.2) is 5.82 Å². The van der Waals surface area contributed by atoms with Crippen LogP contribution < -0.4 is 25.2 Å².